The fourth-order valence-corrected chi connectivity index (χ4v) is 3.42. The Labute approximate surface area is 137 Å². The van der Waals surface area contributed by atoms with Crippen molar-refractivity contribution in [2.75, 3.05) is 39.3 Å². The van der Waals surface area contributed by atoms with Gasteiger partial charge in [-0.1, -0.05) is 6.07 Å². The average molecular weight is 332 g/mol. The molecule has 0 aromatic heterocycles. The number of nitrogens with one attached hydrogen (secondary N) is 1. The highest BCUT2D eigenvalue weighted by Crippen LogP contribution is 2.24. The molecule has 2 fully saturated rings. The van der Waals surface area contributed by atoms with Crippen LogP contribution in [-0.4, -0.2) is 55.1 Å². The van der Waals surface area contributed by atoms with Crippen LogP contribution in [0.4, 0.5) is 8.78 Å². The topological polar surface area (TPSA) is 18.5 Å². The Morgan fingerprint density at radius 1 is 1.14 bits per heavy atom. The summed E-state index contributed by atoms with van der Waals surface area (Å²) in [6.45, 7) is 8.36. The van der Waals surface area contributed by atoms with E-state index < -0.39 is 11.6 Å². The van der Waals surface area contributed by atoms with Crippen molar-refractivity contribution < 1.29 is 8.78 Å². The molecule has 2 atom stereocenters. The van der Waals surface area contributed by atoms with E-state index in [1.165, 1.54) is 18.6 Å². The lowest BCUT2D eigenvalue weighted by atomic mass is 10.1. The molecule has 1 N–H and O–H groups in total. The van der Waals surface area contributed by atoms with Crippen molar-refractivity contribution in [3.63, 3.8) is 0 Å². The predicted octanol–water partition coefficient (Wildman–Crippen LogP) is 2.43. The van der Waals surface area contributed by atoms with Crippen molar-refractivity contribution >= 4 is 12.4 Å². The molecule has 0 saturated carbocycles. The van der Waals surface area contributed by atoms with Gasteiger partial charge in [0.25, 0.3) is 0 Å². The molecule has 2 saturated heterocycles. The first-order valence-electron chi connectivity index (χ1n) is 7.79. The van der Waals surface area contributed by atoms with E-state index in [1.807, 2.05) is 0 Å². The standard InChI is InChI=1S/C16H23F2N3.ClH/c1-12(13-2-3-15(17)16(18)10-13)20-6-8-21(9-7-20)14-4-5-19-11-14;/h2-3,10,12,14,19H,4-9,11H2,1H3;1H. The van der Waals surface area contributed by atoms with E-state index in [0.717, 1.165) is 44.8 Å². The number of rotatable bonds is 3. The maximum atomic E-state index is 13.4. The van der Waals surface area contributed by atoms with Crippen LogP contribution in [0.25, 0.3) is 0 Å². The lowest BCUT2D eigenvalue weighted by Crippen LogP contribution is -2.51. The summed E-state index contributed by atoms with van der Waals surface area (Å²) in [6, 6.07) is 5.04. The third-order valence-corrected chi connectivity index (χ3v) is 4.87. The summed E-state index contributed by atoms with van der Waals surface area (Å²) in [4.78, 5) is 4.90. The second-order valence-corrected chi connectivity index (χ2v) is 6.07. The molecule has 1 aromatic rings. The van der Waals surface area contributed by atoms with Crippen LogP contribution in [-0.2, 0) is 0 Å². The predicted molar refractivity (Wildman–Crippen MR) is 86.4 cm³/mol. The van der Waals surface area contributed by atoms with Crippen LogP contribution in [0.2, 0.25) is 0 Å². The van der Waals surface area contributed by atoms with E-state index in [1.54, 1.807) is 6.07 Å². The van der Waals surface area contributed by atoms with E-state index in [0.29, 0.717) is 6.04 Å². The summed E-state index contributed by atoms with van der Waals surface area (Å²) in [6.07, 6.45) is 1.23. The zero-order chi connectivity index (χ0) is 14.8. The smallest absolute Gasteiger partial charge is 0.159 e. The minimum atomic E-state index is -0.774. The van der Waals surface area contributed by atoms with Crippen LogP contribution in [0, 0.1) is 11.6 Å². The zero-order valence-corrected chi connectivity index (χ0v) is 13.7. The van der Waals surface area contributed by atoms with Gasteiger partial charge in [0.1, 0.15) is 0 Å². The van der Waals surface area contributed by atoms with Crippen LogP contribution in [0.15, 0.2) is 18.2 Å². The number of benzene rings is 1. The SMILES string of the molecule is CC(c1ccc(F)c(F)c1)N1CCN(C2CCNC2)CC1.Cl. The van der Waals surface area contributed by atoms with Crippen LogP contribution >= 0.6 is 12.4 Å². The molecule has 3 rings (SSSR count). The molecule has 2 unspecified atom stereocenters. The average Bonchev–Trinajstić information content (AvgIpc) is 3.04. The highest BCUT2D eigenvalue weighted by Gasteiger charge is 2.28. The number of hydrogen-bond donors (Lipinski definition) is 1. The molecule has 22 heavy (non-hydrogen) atoms. The van der Waals surface area contributed by atoms with E-state index in [2.05, 4.69) is 22.0 Å². The van der Waals surface area contributed by atoms with Gasteiger partial charge in [-0.15, -0.1) is 12.4 Å². The third kappa shape index (κ3) is 3.77. The normalized spacial score (nSPS) is 25.0. The maximum Gasteiger partial charge on any atom is 0.159 e. The lowest BCUT2D eigenvalue weighted by molar-refractivity contribution is 0.0786. The first-order valence-corrected chi connectivity index (χ1v) is 7.79. The molecule has 3 nitrogen and oxygen atoms in total. The maximum absolute atomic E-state index is 13.4. The third-order valence-electron chi connectivity index (χ3n) is 4.87. The van der Waals surface area contributed by atoms with Crippen molar-refractivity contribution in [1.82, 2.24) is 15.1 Å². The largest absolute Gasteiger partial charge is 0.315 e. The van der Waals surface area contributed by atoms with Gasteiger partial charge >= 0.3 is 0 Å². The van der Waals surface area contributed by atoms with Gasteiger partial charge in [0.2, 0.25) is 0 Å². The van der Waals surface area contributed by atoms with Gasteiger partial charge in [-0.2, -0.15) is 0 Å². The van der Waals surface area contributed by atoms with Gasteiger partial charge < -0.3 is 5.32 Å². The fourth-order valence-electron chi connectivity index (χ4n) is 3.42. The van der Waals surface area contributed by atoms with Gasteiger partial charge in [0, 0.05) is 44.8 Å². The molecule has 0 bridgehead atoms. The van der Waals surface area contributed by atoms with Crippen molar-refractivity contribution in [1.29, 1.82) is 0 Å². The zero-order valence-electron chi connectivity index (χ0n) is 12.9. The Bertz CT molecular complexity index is 486. The first-order chi connectivity index (χ1) is 10.1. The second kappa shape index (κ2) is 7.68. The number of piperazine rings is 1. The quantitative estimate of drug-likeness (QED) is 0.917. The molecular formula is C16H24ClF2N3. The van der Waals surface area contributed by atoms with Crippen LogP contribution in [0.1, 0.15) is 24.9 Å². The molecule has 0 spiro atoms. The molecule has 1 aromatic carbocycles. The Balaban J connectivity index is 0.00000176. The Morgan fingerprint density at radius 2 is 1.86 bits per heavy atom. The molecule has 0 aliphatic carbocycles. The number of halogens is 3. The van der Waals surface area contributed by atoms with Gasteiger partial charge in [0.15, 0.2) is 11.6 Å². The number of hydrogen-bond acceptors (Lipinski definition) is 3. The summed E-state index contributed by atoms with van der Waals surface area (Å²) in [5.74, 6) is -1.53. The lowest BCUT2D eigenvalue weighted by Gasteiger charge is -2.40. The Kier molecular flexibility index (Phi) is 6.15. The fraction of sp³-hybridized carbons (Fsp3) is 0.625. The second-order valence-electron chi connectivity index (χ2n) is 6.07. The van der Waals surface area contributed by atoms with Crippen molar-refractivity contribution in [3.8, 4) is 0 Å². The molecule has 124 valence electrons. The Hall–Kier alpha value is -0.750. The molecular weight excluding hydrogens is 308 g/mol. The van der Waals surface area contributed by atoms with Crippen molar-refractivity contribution in [3.05, 3.63) is 35.4 Å². The summed E-state index contributed by atoms with van der Waals surface area (Å²) in [5, 5.41) is 3.41. The molecule has 2 heterocycles. The summed E-state index contributed by atoms with van der Waals surface area (Å²) in [5.41, 5.74) is 0.852. The molecule has 6 heteroatoms. The monoisotopic (exact) mass is 331 g/mol. The van der Waals surface area contributed by atoms with E-state index in [9.17, 15) is 8.78 Å². The molecule has 2 aliphatic rings. The molecule has 0 radical (unpaired) electrons. The number of nitrogens with zero attached hydrogens (tertiary/aromatic N) is 2. The van der Waals surface area contributed by atoms with Crippen LogP contribution < -0.4 is 5.32 Å². The van der Waals surface area contributed by atoms with Crippen LogP contribution in [0.5, 0.6) is 0 Å². The molecule has 0 amide bonds. The van der Waals surface area contributed by atoms with Crippen molar-refractivity contribution in [2.45, 2.75) is 25.4 Å². The minimum Gasteiger partial charge on any atom is -0.315 e. The van der Waals surface area contributed by atoms with Gasteiger partial charge in [-0.25, -0.2) is 8.78 Å². The van der Waals surface area contributed by atoms with Gasteiger partial charge in [0.05, 0.1) is 0 Å². The van der Waals surface area contributed by atoms with Crippen LogP contribution in [0.3, 0.4) is 0 Å². The minimum absolute atomic E-state index is 0. The van der Waals surface area contributed by atoms with E-state index >= 15 is 0 Å². The summed E-state index contributed by atoms with van der Waals surface area (Å²) in [7, 11) is 0. The highest BCUT2D eigenvalue weighted by molar-refractivity contribution is 5.85. The summed E-state index contributed by atoms with van der Waals surface area (Å²) >= 11 is 0. The van der Waals surface area contributed by atoms with Crippen molar-refractivity contribution in [2.24, 2.45) is 0 Å². The first kappa shape index (κ1) is 17.6. The Morgan fingerprint density at radius 3 is 2.45 bits per heavy atom. The van der Waals surface area contributed by atoms with E-state index in [-0.39, 0.29) is 18.4 Å². The van der Waals surface area contributed by atoms with E-state index in [4.69, 9.17) is 0 Å². The van der Waals surface area contributed by atoms with Gasteiger partial charge in [-0.05, 0) is 37.6 Å². The summed E-state index contributed by atoms with van der Waals surface area (Å²) < 4.78 is 26.4. The van der Waals surface area contributed by atoms with Gasteiger partial charge in [-0.3, -0.25) is 9.80 Å². The highest BCUT2D eigenvalue weighted by atomic mass is 35.5. The molecule has 2 aliphatic heterocycles.